The van der Waals surface area contributed by atoms with Gasteiger partial charge in [0.1, 0.15) is 11.8 Å². The summed E-state index contributed by atoms with van der Waals surface area (Å²) in [4.78, 5) is 70.9. The van der Waals surface area contributed by atoms with Crippen LogP contribution in [0.1, 0.15) is 47.5 Å². The Hall–Kier alpha value is -4.39. The molecule has 1 N–H and O–H groups in total. The zero-order valence-corrected chi connectivity index (χ0v) is 28.9. The highest BCUT2D eigenvalue weighted by Crippen LogP contribution is 2.54. The number of rotatable bonds is 10. The number of carbonyl (C=O) groups is 4. The number of imide groups is 1. The highest BCUT2D eigenvalue weighted by atomic mass is 35.5. The van der Waals surface area contributed by atoms with Crippen LogP contribution in [0.15, 0.2) is 82.6 Å². The lowest BCUT2D eigenvalue weighted by molar-refractivity contribution is -0.122. The van der Waals surface area contributed by atoms with Gasteiger partial charge >= 0.3 is 10.8 Å². The van der Waals surface area contributed by atoms with E-state index in [4.69, 9.17) is 16.3 Å². The Labute approximate surface area is 290 Å². The van der Waals surface area contributed by atoms with Gasteiger partial charge in [-0.15, -0.1) is 0 Å². The molecule has 3 heterocycles. The number of amides is 3. The second-order valence-corrected chi connectivity index (χ2v) is 13.8. The standard InChI is InChI=1S/C35H33ClN4O6S2/c1-4-38(5-2)24-15-7-20(8-16-24)27-28-29(32(43)40(31(28)42)25-17-9-21(10-18-25)34(44)46-6-3)47-33-30(27)48-35(45)39(33)19-26(41)37-23-13-11-22(36)12-14-23/h7-18,27-29H,4-6,19H2,1-3H3,(H,37,41)/t27-,28?,29?/m1/s1. The van der Waals surface area contributed by atoms with E-state index in [1.807, 2.05) is 24.3 Å². The topological polar surface area (TPSA) is 118 Å². The van der Waals surface area contributed by atoms with Gasteiger partial charge in [-0.3, -0.25) is 23.7 Å². The van der Waals surface area contributed by atoms with Gasteiger partial charge in [0, 0.05) is 40.3 Å². The number of nitrogens with zero attached hydrogens (tertiary/aromatic N) is 3. The molecule has 6 rings (SSSR count). The van der Waals surface area contributed by atoms with Gasteiger partial charge in [-0.05, 0) is 87.0 Å². The van der Waals surface area contributed by atoms with Gasteiger partial charge in [-0.2, -0.15) is 0 Å². The normalized spacial score (nSPS) is 18.3. The monoisotopic (exact) mass is 704 g/mol. The van der Waals surface area contributed by atoms with Crippen molar-refractivity contribution in [1.82, 2.24) is 4.57 Å². The van der Waals surface area contributed by atoms with Crippen LogP contribution < -0.4 is 20.0 Å². The number of hydrogen-bond acceptors (Lipinski definition) is 9. The second kappa shape index (κ2) is 14.0. The van der Waals surface area contributed by atoms with Crippen molar-refractivity contribution in [3.63, 3.8) is 0 Å². The van der Waals surface area contributed by atoms with E-state index in [9.17, 15) is 24.0 Å². The maximum atomic E-state index is 14.3. The van der Waals surface area contributed by atoms with Crippen LogP contribution in [0.3, 0.4) is 0 Å². The fourth-order valence-corrected chi connectivity index (χ4v) is 9.09. The third-order valence-corrected chi connectivity index (χ3v) is 11.4. The van der Waals surface area contributed by atoms with E-state index in [0.717, 1.165) is 47.4 Å². The van der Waals surface area contributed by atoms with E-state index in [0.29, 0.717) is 31.9 Å². The van der Waals surface area contributed by atoms with Crippen LogP contribution in [0.5, 0.6) is 0 Å². The number of thiazole rings is 1. The van der Waals surface area contributed by atoms with E-state index in [-0.39, 0.29) is 18.0 Å². The maximum Gasteiger partial charge on any atom is 0.338 e. The molecule has 2 aliphatic heterocycles. The number of thioether (sulfide) groups is 1. The first kappa shape index (κ1) is 33.5. The third-order valence-electron chi connectivity index (χ3n) is 8.50. The molecule has 10 nitrogen and oxygen atoms in total. The summed E-state index contributed by atoms with van der Waals surface area (Å²) in [5, 5.41) is 2.97. The smallest absolute Gasteiger partial charge is 0.338 e. The molecule has 0 aliphatic carbocycles. The first-order valence-electron chi connectivity index (χ1n) is 15.6. The van der Waals surface area contributed by atoms with Gasteiger partial charge in [-0.1, -0.05) is 46.8 Å². The summed E-state index contributed by atoms with van der Waals surface area (Å²) in [5.74, 6) is -3.13. The minimum atomic E-state index is -0.846. The molecule has 2 unspecified atom stereocenters. The average Bonchev–Trinajstić information content (AvgIpc) is 3.53. The van der Waals surface area contributed by atoms with Crippen molar-refractivity contribution in [3.8, 4) is 0 Å². The van der Waals surface area contributed by atoms with E-state index >= 15 is 0 Å². The molecule has 0 bridgehead atoms. The van der Waals surface area contributed by atoms with Crippen LogP contribution in [-0.4, -0.2) is 53.2 Å². The van der Waals surface area contributed by atoms with E-state index in [2.05, 4.69) is 24.1 Å². The lowest BCUT2D eigenvalue weighted by atomic mass is 9.83. The molecule has 1 aromatic heterocycles. The van der Waals surface area contributed by atoms with Gasteiger partial charge in [0.05, 0.1) is 28.8 Å². The highest BCUT2D eigenvalue weighted by molar-refractivity contribution is 8.00. The third kappa shape index (κ3) is 6.27. The van der Waals surface area contributed by atoms with Crippen LogP contribution in [0, 0.1) is 5.92 Å². The predicted molar refractivity (Wildman–Crippen MR) is 189 cm³/mol. The van der Waals surface area contributed by atoms with Gasteiger partial charge in [0.15, 0.2) is 0 Å². The Bertz CT molecular complexity index is 1920. The van der Waals surface area contributed by atoms with Crippen molar-refractivity contribution in [2.75, 3.05) is 34.8 Å². The fraction of sp³-hybridized carbons (Fsp3) is 0.286. The van der Waals surface area contributed by atoms with Gasteiger partial charge in [0.2, 0.25) is 17.7 Å². The SMILES string of the molecule is CCOC(=O)c1ccc(N2C(=O)C3Sc4c(sc(=O)n4CC(=O)Nc4ccc(Cl)cc4)[C@H](c4ccc(N(CC)CC)cc4)C3C2=O)cc1. The Kier molecular flexibility index (Phi) is 9.77. The van der Waals surface area contributed by atoms with Gasteiger partial charge < -0.3 is 15.0 Å². The minimum Gasteiger partial charge on any atom is -0.462 e. The highest BCUT2D eigenvalue weighted by Gasteiger charge is 2.56. The Morgan fingerprint density at radius 1 is 0.896 bits per heavy atom. The van der Waals surface area contributed by atoms with Crippen LogP contribution in [0.4, 0.5) is 17.1 Å². The molecule has 0 saturated carbocycles. The molecule has 3 atom stereocenters. The largest absolute Gasteiger partial charge is 0.462 e. The van der Waals surface area contributed by atoms with Crippen molar-refractivity contribution in [1.29, 1.82) is 0 Å². The first-order valence-corrected chi connectivity index (χ1v) is 17.7. The molecule has 1 saturated heterocycles. The van der Waals surface area contributed by atoms with E-state index < -0.39 is 40.8 Å². The molecule has 4 aromatic rings. The fourth-order valence-electron chi connectivity index (χ4n) is 6.19. The number of esters is 1. The molecule has 1 fully saturated rings. The van der Waals surface area contributed by atoms with Crippen LogP contribution in [0.25, 0.3) is 0 Å². The molecule has 48 heavy (non-hydrogen) atoms. The summed E-state index contributed by atoms with van der Waals surface area (Å²) >= 11 is 8.12. The van der Waals surface area contributed by atoms with Crippen molar-refractivity contribution >= 4 is 75.5 Å². The number of halogens is 1. The zero-order chi connectivity index (χ0) is 34.1. The molecule has 3 amide bonds. The second-order valence-electron chi connectivity index (χ2n) is 11.3. The Morgan fingerprint density at radius 2 is 1.56 bits per heavy atom. The van der Waals surface area contributed by atoms with Gasteiger partial charge in [0.25, 0.3) is 0 Å². The van der Waals surface area contributed by atoms with Crippen molar-refractivity contribution in [3.05, 3.63) is 103 Å². The lowest BCUT2D eigenvalue weighted by Crippen LogP contribution is -2.33. The summed E-state index contributed by atoms with van der Waals surface area (Å²) in [7, 11) is 0. The average molecular weight is 705 g/mol. The number of carbonyl (C=O) groups excluding carboxylic acids is 4. The quantitative estimate of drug-likeness (QED) is 0.157. The van der Waals surface area contributed by atoms with E-state index in [1.54, 1.807) is 43.3 Å². The van der Waals surface area contributed by atoms with Crippen LogP contribution in [-0.2, 0) is 25.7 Å². The number of hydrogen-bond donors (Lipinski definition) is 1. The number of aromatic nitrogens is 1. The molecular formula is C35H33ClN4O6S2. The van der Waals surface area contributed by atoms with Gasteiger partial charge in [-0.25, -0.2) is 9.69 Å². The number of anilines is 3. The summed E-state index contributed by atoms with van der Waals surface area (Å²) in [5.41, 5.74) is 2.99. The summed E-state index contributed by atoms with van der Waals surface area (Å²) in [6.45, 7) is 7.46. The number of nitrogens with one attached hydrogen (secondary N) is 1. The minimum absolute atomic E-state index is 0.222. The molecule has 2 aliphatic rings. The lowest BCUT2D eigenvalue weighted by Gasteiger charge is -2.31. The van der Waals surface area contributed by atoms with Crippen LogP contribution >= 0.6 is 34.7 Å². The van der Waals surface area contributed by atoms with Crippen molar-refractivity contribution in [2.24, 2.45) is 5.92 Å². The number of ether oxygens (including phenoxy) is 1. The first-order chi connectivity index (χ1) is 23.1. The molecule has 0 radical (unpaired) electrons. The van der Waals surface area contributed by atoms with Crippen molar-refractivity contribution < 1.29 is 23.9 Å². The number of benzene rings is 3. The predicted octanol–water partition coefficient (Wildman–Crippen LogP) is 6.02. The maximum absolute atomic E-state index is 14.3. The summed E-state index contributed by atoms with van der Waals surface area (Å²) in [6, 6.07) is 20.7. The van der Waals surface area contributed by atoms with Crippen molar-refractivity contribution in [2.45, 2.75) is 43.5 Å². The van der Waals surface area contributed by atoms with E-state index in [1.165, 1.54) is 21.6 Å². The van der Waals surface area contributed by atoms with Crippen LogP contribution in [0.2, 0.25) is 5.02 Å². The number of fused-ring (bicyclic) bond motifs is 2. The molecule has 0 spiro atoms. The molecular weight excluding hydrogens is 672 g/mol. The Morgan fingerprint density at radius 3 is 2.19 bits per heavy atom. The molecule has 3 aromatic carbocycles. The Balaban J connectivity index is 1.38. The zero-order valence-electron chi connectivity index (χ0n) is 26.5. The molecule has 248 valence electrons. The summed E-state index contributed by atoms with van der Waals surface area (Å²) < 4.78 is 6.46. The molecule has 13 heteroatoms. The summed E-state index contributed by atoms with van der Waals surface area (Å²) in [6.07, 6.45) is 0.